The molecule has 1 aliphatic rings. The van der Waals surface area contributed by atoms with Crippen LogP contribution in [-0.4, -0.2) is 29.6 Å². The van der Waals surface area contributed by atoms with Gasteiger partial charge < -0.3 is 15.7 Å². The molecule has 1 unspecified atom stereocenters. The van der Waals surface area contributed by atoms with E-state index in [4.69, 9.17) is 5.73 Å². The van der Waals surface area contributed by atoms with E-state index in [-0.39, 0.29) is 0 Å². The number of hydrogen-bond acceptors (Lipinski definition) is 3. The van der Waals surface area contributed by atoms with E-state index in [0.717, 1.165) is 36.4 Å². The third kappa shape index (κ3) is 3.20. The lowest BCUT2D eigenvalue weighted by Gasteiger charge is -2.28. The number of hydrogen-bond donors (Lipinski definition) is 2. The molecule has 3 N–H and O–H groups in total. The maximum Gasteiger partial charge on any atom is 0.0917 e. The third-order valence-corrected chi connectivity index (χ3v) is 3.57. The molecule has 0 aromatic heterocycles. The highest BCUT2D eigenvalue weighted by Gasteiger charge is 2.16. The van der Waals surface area contributed by atoms with Crippen LogP contribution >= 0.6 is 0 Å². The Hall–Kier alpha value is -1.06. The molecule has 1 aromatic carbocycles. The number of nitrogens with two attached hydrogens (primary N) is 1. The van der Waals surface area contributed by atoms with E-state index < -0.39 is 6.10 Å². The Bertz CT molecular complexity index is 372. The van der Waals surface area contributed by atoms with Gasteiger partial charge >= 0.3 is 0 Å². The average molecular weight is 234 g/mol. The summed E-state index contributed by atoms with van der Waals surface area (Å²) in [7, 11) is 0. The minimum absolute atomic E-state index is 0.420. The summed E-state index contributed by atoms with van der Waals surface area (Å²) in [6.07, 6.45) is 3.41. The van der Waals surface area contributed by atoms with Crippen molar-refractivity contribution in [3.8, 4) is 0 Å². The number of likely N-dealkylation sites (tertiary alicyclic amines) is 1. The predicted molar refractivity (Wildman–Crippen MR) is 70.8 cm³/mol. The molecule has 2 rings (SSSR count). The van der Waals surface area contributed by atoms with Gasteiger partial charge in [0.05, 0.1) is 6.10 Å². The number of aliphatic hydroxyl groups excluding tert-OH is 1. The number of piperidine rings is 1. The van der Waals surface area contributed by atoms with Crippen molar-refractivity contribution >= 4 is 5.69 Å². The van der Waals surface area contributed by atoms with Crippen LogP contribution in [0.1, 0.15) is 36.5 Å². The summed E-state index contributed by atoms with van der Waals surface area (Å²) in [6.45, 7) is 4.93. The maximum atomic E-state index is 10.2. The van der Waals surface area contributed by atoms with Gasteiger partial charge in [0.1, 0.15) is 0 Å². The Morgan fingerprint density at radius 3 is 2.65 bits per heavy atom. The molecule has 0 amide bonds. The molecule has 17 heavy (non-hydrogen) atoms. The zero-order valence-electron chi connectivity index (χ0n) is 10.5. The number of aryl methyl sites for hydroxylation is 1. The van der Waals surface area contributed by atoms with Crippen molar-refractivity contribution in [1.82, 2.24) is 4.90 Å². The van der Waals surface area contributed by atoms with E-state index in [0.29, 0.717) is 0 Å². The summed E-state index contributed by atoms with van der Waals surface area (Å²) >= 11 is 0. The van der Waals surface area contributed by atoms with Crippen LogP contribution in [0.5, 0.6) is 0 Å². The summed E-state index contributed by atoms with van der Waals surface area (Å²) in [6, 6.07) is 5.84. The Labute approximate surface area is 103 Å². The Balaban J connectivity index is 1.98. The van der Waals surface area contributed by atoms with Crippen molar-refractivity contribution in [2.75, 3.05) is 25.4 Å². The first-order chi connectivity index (χ1) is 8.16. The summed E-state index contributed by atoms with van der Waals surface area (Å²) in [5, 5.41) is 10.2. The second-order valence-electron chi connectivity index (χ2n) is 4.99. The van der Waals surface area contributed by atoms with Gasteiger partial charge in [-0.2, -0.15) is 0 Å². The number of aliphatic hydroxyl groups is 1. The highest BCUT2D eigenvalue weighted by Crippen LogP contribution is 2.21. The minimum Gasteiger partial charge on any atom is -0.399 e. The van der Waals surface area contributed by atoms with Crippen LogP contribution in [0.4, 0.5) is 5.69 Å². The fraction of sp³-hybridized carbons (Fsp3) is 0.571. The zero-order valence-corrected chi connectivity index (χ0v) is 10.5. The van der Waals surface area contributed by atoms with Gasteiger partial charge in [-0.1, -0.05) is 18.6 Å². The van der Waals surface area contributed by atoms with E-state index in [1.807, 2.05) is 25.1 Å². The molecule has 3 heteroatoms. The highest BCUT2D eigenvalue weighted by atomic mass is 16.3. The first-order valence-corrected chi connectivity index (χ1v) is 6.43. The first-order valence-electron chi connectivity index (χ1n) is 6.43. The lowest BCUT2D eigenvalue weighted by molar-refractivity contribution is 0.101. The van der Waals surface area contributed by atoms with Crippen LogP contribution in [0.15, 0.2) is 18.2 Å². The van der Waals surface area contributed by atoms with Gasteiger partial charge in [0.2, 0.25) is 0 Å². The van der Waals surface area contributed by atoms with Crippen LogP contribution in [0.2, 0.25) is 0 Å². The molecule has 1 saturated heterocycles. The van der Waals surface area contributed by atoms with E-state index in [1.165, 1.54) is 19.3 Å². The predicted octanol–water partition coefficient (Wildman–Crippen LogP) is 2.10. The average Bonchev–Trinajstić information content (AvgIpc) is 2.34. The molecule has 1 fully saturated rings. The highest BCUT2D eigenvalue weighted by molar-refractivity contribution is 5.48. The van der Waals surface area contributed by atoms with Gasteiger partial charge in [-0.25, -0.2) is 0 Å². The number of rotatable bonds is 3. The van der Waals surface area contributed by atoms with Crippen LogP contribution < -0.4 is 5.73 Å². The summed E-state index contributed by atoms with van der Waals surface area (Å²) < 4.78 is 0. The van der Waals surface area contributed by atoms with Gasteiger partial charge in [0, 0.05) is 12.2 Å². The second kappa shape index (κ2) is 5.52. The maximum absolute atomic E-state index is 10.2. The Kier molecular flexibility index (Phi) is 4.02. The van der Waals surface area contributed by atoms with Crippen LogP contribution in [-0.2, 0) is 0 Å². The molecule has 0 radical (unpaired) electrons. The molecule has 3 nitrogen and oxygen atoms in total. The monoisotopic (exact) mass is 234 g/mol. The zero-order chi connectivity index (χ0) is 12.3. The smallest absolute Gasteiger partial charge is 0.0917 e. The molecule has 0 bridgehead atoms. The number of nitrogens with zero attached hydrogens (tertiary/aromatic N) is 1. The van der Waals surface area contributed by atoms with Crippen molar-refractivity contribution in [2.45, 2.75) is 32.3 Å². The van der Waals surface area contributed by atoms with Gasteiger partial charge in [0.25, 0.3) is 0 Å². The van der Waals surface area contributed by atoms with Crippen LogP contribution in [0.3, 0.4) is 0 Å². The molecule has 0 spiro atoms. The molecule has 1 heterocycles. The van der Waals surface area contributed by atoms with Crippen LogP contribution in [0.25, 0.3) is 0 Å². The van der Waals surface area contributed by atoms with E-state index in [2.05, 4.69) is 4.90 Å². The summed E-state index contributed by atoms with van der Waals surface area (Å²) in [5.74, 6) is 0. The summed E-state index contributed by atoms with van der Waals surface area (Å²) in [4.78, 5) is 2.34. The van der Waals surface area contributed by atoms with Crippen molar-refractivity contribution in [3.63, 3.8) is 0 Å². The molecule has 1 atom stereocenters. The van der Waals surface area contributed by atoms with Crippen molar-refractivity contribution in [3.05, 3.63) is 29.3 Å². The standard InChI is InChI=1S/C14H22N2O/c1-11-5-6-12(9-13(11)15)14(17)10-16-7-3-2-4-8-16/h5-6,9,14,17H,2-4,7-8,10,15H2,1H3. The van der Waals surface area contributed by atoms with E-state index in [9.17, 15) is 5.11 Å². The topological polar surface area (TPSA) is 49.5 Å². The Morgan fingerprint density at radius 2 is 2.00 bits per heavy atom. The van der Waals surface area contributed by atoms with Crippen LogP contribution in [0, 0.1) is 6.92 Å². The van der Waals surface area contributed by atoms with Crippen molar-refractivity contribution < 1.29 is 5.11 Å². The van der Waals surface area contributed by atoms with Gasteiger partial charge in [-0.3, -0.25) is 0 Å². The molecule has 1 aliphatic heterocycles. The molecule has 94 valence electrons. The second-order valence-corrected chi connectivity index (χ2v) is 4.99. The molecule has 0 saturated carbocycles. The van der Waals surface area contributed by atoms with E-state index in [1.54, 1.807) is 0 Å². The van der Waals surface area contributed by atoms with Crippen molar-refractivity contribution in [2.24, 2.45) is 0 Å². The quantitative estimate of drug-likeness (QED) is 0.787. The van der Waals surface area contributed by atoms with Crippen molar-refractivity contribution in [1.29, 1.82) is 0 Å². The van der Waals surface area contributed by atoms with Gasteiger partial charge in [-0.05, 0) is 50.0 Å². The SMILES string of the molecule is Cc1ccc(C(O)CN2CCCCC2)cc1N. The minimum atomic E-state index is -0.420. The fourth-order valence-corrected chi connectivity index (χ4v) is 2.36. The normalized spacial score (nSPS) is 19.2. The molecule has 1 aromatic rings. The number of anilines is 1. The lowest BCUT2D eigenvalue weighted by atomic mass is 10.0. The Morgan fingerprint density at radius 1 is 1.29 bits per heavy atom. The van der Waals surface area contributed by atoms with Gasteiger partial charge in [0.15, 0.2) is 0 Å². The largest absolute Gasteiger partial charge is 0.399 e. The molecular formula is C14H22N2O. The number of benzene rings is 1. The summed E-state index contributed by atoms with van der Waals surface area (Å²) in [5.41, 5.74) is 8.63. The number of nitrogen functional groups attached to an aromatic ring is 1. The molecular weight excluding hydrogens is 212 g/mol. The lowest BCUT2D eigenvalue weighted by Crippen LogP contribution is -2.33. The molecule has 0 aliphatic carbocycles. The first kappa shape index (κ1) is 12.4. The van der Waals surface area contributed by atoms with E-state index >= 15 is 0 Å². The third-order valence-electron chi connectivity index (χ3n) is 3.57. The number of β-amino-alcohol motifs (C(OH)–C–C–N with tert-alkyl or cyclic N) is 1. The van der Waals surface area contributed by atoms with Gasteiger partial charge in [-0.15, -0.1) is 0 Å². The fourth-order valence-electron chi connectivity index (χ4n) is 2.36.